The lowest BCUT2D eigenvalue weighted by atomic mass is 9.75. The third-order valence-corrected chi connectivity index (χ3v) is 4.71. The largest absolute Gasteiger partial charge is 0.340 e. The van der Waals surface area contributed by atoms with Gasteiger partial charge >= 0.3 is 0 Å². The molecule has 0 saturated heterocycles. The van der Waals surface area contributed by atoms with E-state index in [0.717, 1.165) is 12.8 Å². The molecule has 2 rings (SSSR count). The number of carbonyl (C=O) groups excluding carboxylic acids is 1. The van der Waals surface area contributed by atoms with Crippen LogP contribution in [-0.2, 0) is 0 Å². The number of rotatable bonds is 5. The fourth-order valence-corrected chi connectivity index (χ4v) is 3.04. The zero-order chi connectivity index (χ0) is 15.6. The lowest BCUT2D eigenvalue weighted by Gasteiger charge is -2.49. The Labute approximate surface area is 131 Å². The Bertz CT molecular complexity index is 528. The second-order valence-electron chi connectivity index (χ2n) is 5.97. The summed E-state index contributed by atoms with van der Waals surface area (Å²) in [5.41, 5.74) is 3.74. The summed E-state index contributed by atoms with van der Waals surface area (Å²) in [5, 5.41) is 0.525. The van der Waals surface area contributed by atoms with Crippen LogP contribution in [0.15, 0.2) is 18.2 Å². The van der Waals surface area contributed by atoms with Crippen LogP contribution in [-0.4, -0.2) is 48.9 Å². The highest BCUT2D eigenvalue weighted by molar-refractivity contribution is 6.31. The molecular formula is C15H23ClN4O. The van der Waals surface area contributed by atoms with E-state index in [0.29, 0.717) is 22.8 Å². The molecule has 116 valence electrons. The molecule has 1 aromatic rings. The van der Waals surface area contributed by atoms with Crippen LogP contribution in [0, 0.1) is 0 Å². The van der Waals surface area contributed by atoms with E-state index in [9.17, 15) is 4.79 Å². The molecule has 3 N–H and O–H groups in total. The summed E-state index contributed by atoms with van der Waals surface area (Å²) in [5.74, 6) is 5.41. The van der Waals surface area contributed by atoms with E-state index >= 15 is 0 Å². The lowest BCUT2D eigenvalue weighted by Crippen LogP contribution is -2.57. The Hall–Kier alpha value is -1.30. The zero-order valence-corrected chi connectivity index (χ0v) is 13.6. The monoisotopic (exact) mass is 310 g/mol. The van der Waals surface area contributed by atoms with E-state index in [1.54, 1.807) is 23.1 Å². The average molecular weight is 311 g/mol. The second-order valence-corrected chi connectivity index (χ2v) is 6.40. The molecule has 1 aromatic carbocycles. The van der Waals surface area contributed by atoms with Crippen LogP contribution < -0.4 is 11.3 Å². The molecule has 0 radical (unpaired) electrons. The minimum absolute atomic E-state index is 0.0708. The molecule has 1 fully saturated rings. The summed E-state index contributed by atoms with van der Waals surface area (Å²) in [6.07, 6.45) is 3.46. The van der Waals surface area contributed by atoms with Crippen molar-refractivity contribution in [3.05, 3.63) is 28.8 Å². The molecular weight excluding hydrogens is 288 g/mol. The first-order valence-corrected chi connectivity index (χ1v) is 7.46. The molecule has 1 amide bonds. The molecule has 1 aliphatic carbocycles. The quantitative estimate of drug-likeness (QED) is 0.646. The van der Waals surface area contributed by atoms with Gasteiger partial charge < -0.3 is 15.2 Å². The van der Waals surface area contributed by atoms with Crippen molar-refractivity contribution in [2.24, 2.45) is 5.84 Å². The smallest absolute Gasteiger partial charge is 0.255 e. The Balaban J connectivity index is 2.18. The fourth-order valence-electron chi connectivity index (χ4n) is 2.87. The zero-order valence-electron chi connectivity index (χ0n) is 12.8. The number of anilines is 1. The summed E-state index contributed by atoms with van der Waals surface area (Å²) in [6, 6.07) is 5.08. The first-order chi connectivity index (χ1) is 9.89. The van der Waals surface area contributed by atoms with Crippen LogP contribution in [0.2, 0.25) is 5.02 Å². The topological polar surface area (TPSA) is 61.6 Å². The maximum Gasteiger partial charge on any atom is 0.255 e. The van der Waals surface area contributed by atoms with Crippen LogP contribution in [0.25, 0.3) is 0 Å². The van der Waals surface area contributed by atoms with Crippen LogP contribution in [0.4, 0.5) is 5.69 Å². The van der Waals surface area contributed by atoms with E-state index in [2.05, 4.69) is 24.4 Å². The number of amides is 1. The van der Waals surface area contributed by atoms with Gasteiger partial charge in [-0.2, -0.15) is 0 Å². The SMILES string of the molecule is CN(CC1(N(C)C)CCC1)C(=O)c1cc(Cl)ccc1NN. The Kier molecular flexibility index (Phi) is 4.76. The van der Waals surface area contributed by atoms with Crippen molar-refractivity contribution in [2.75, 3.05) is 33.1 Å². The van der Waals surface area contributed by atoms with Gasteiger partial charge in [0, 0.05) is 24.2 Å². The number of carbonyl (C=O) groups is 1. The fraction of sp³-hybridized carbons (Fsp3) is 0.533. The normalized spacial score (nSPS) is 16.5. The van der Waals surface area contributed by atoms with Crippen molar-refractivity contribution in [1.29, 1.82) is 0 Å². The summed E-state index contributed by atoms with van der Waals surface area (Å²) >= 11 is 6.00. The van der Waals surface area contributed by atoms with Gasteiger partial charge in [0.25, 0.3) is 5.91 Å². The van der Waals surface area contributed by atoms with Crippen molar-refractivity contribution in [1.82, 2.24) is 9.80 Å². The highest BCUT2D eigenvalue weighted by Crippen LogP contribution is 2.37. The standard InChI is InChI=1S/C15H23ClN4O/c1-19(2)15(7-4-8-15)10-20(3)14(21)12-9-11(16)5-6-13(12)18-17/h5-6,9,18H,4,7-8,10,17H2,1-3H3. The van der Waals surface area contributed by atoms with Crippen LogP contribution in [0.3, 0.4) is 0 Å². The van der Waals surface area contributed by atoms with Gasteiger partial charge in [0.1, 0.15) is 0 Å². The molecule has 0 atom stereocenters. The number of nitrogens with zero attached hydrogens (tertiary/aromatic N) is 2. The molecule has 1 aliphatic rings. The van der Waals surface area contributed by atoms with Crippen LogP contribution in [0.1, 0.15) is 29.6 Å². The molecule has 0 aliphatic heterocycles. The number of nitrogens with two attached hydrogens (primary N) is 1. The number of likely N-dealkylation sites (N-methyl/N-ethyl adjacent to an activating group) is 2. The predicted molar refractivity (Wildman–Crippen MR) is 86.5 cm³/mol. The predicted octanol–water partition coefficient (Wildman–Crippen LogP) is 2.18. The van der Waals surface area contributed by atoms with E-state index < -0.39 is 0 Å². The summed E-state index contributed by atoms with van der Waals surface area (Å²) < 4.78 is 0. The second kappa shape index (κ2) is 6.22. The summed E-state index contributed by atoms with van der Waals surface area (Å²) in [6.45, 7) is 0.704. The van der Waals surface area contributed by atoms with Gasteiger partial charge in [-0.05, 0) is 51.6 Å². The van der Waals surface area contributed by atoms with Crippen molar-refractivity contribution in [2.45, 2.75) is 24.8 Å². The van der Waals surface area contributed by atoms with Crippen LogP contribution >= 0.6 is 11.6 Å². The summed E-state index contributed by atoms with van der Waals surface area (Å²) in [7, 11) is 5.97. The van der Waals surface area contributed by atoms with Gasteiger partial charge in [-0.25, -0.2) is 0 Å². The molecule has 6 heteroatoms. The lowest BCUT2D eigenvalue weighted by molar-refractivity contribution is 0.0253. The molecule has 1 saturated carbocycles. The van der Waals surface area contributed by atoms with Gasteiger partial charge in [0.2, 0.25) is 0 Å². The third kappa shape index (κ3) is 3.15. The molecule has 5 nitrogen and oxygen atoms in total. The van der Waals surface area contributed by atoms with E-state index in [1.807, 2.05) is 7.05 Å². The number of benzene rings is 1. The number of hydrogen-bond donors (Lipinski definition) is 2. The average Bonchev–Trinajstić information content (AvgIpc) is 2.41. The van der Waals surface area contributed by atoms with Crippen molar-refractivity contribution in [3.63, 3.8) is 0 Å². The Morgan fingerprint density at radius 2 is 2.05 bits per heavy atom. The van der Waals surface area contributed by atoms with E-state index in [-0.39, 0.29) is 11.4 Å². The van der Waals surface area contributed by atoms with Crippen molar-refractivity contribution < 1.29 is 4.79 Å². The van der Waals surface area contributed by atoms with Gasteiger partial charge in [0.15, 0.2) is 0 Å². The van der Waals surface area contributed by atoms with E-state index in [1.165, 1.54) is 6.42 Å². The van der Waals surface area contributed by atoms with Crippen molar-refractivity contribution in [3.8, 4) is 0 Å². The van der Waals surface area contributed by atoms with Crippen LogP contribution in [0.5, 0.6) is 0 Å². The molecule has 0 unspecified atom stereocenters. The molecule has 0 heterocycles. The van der Waals surface area contributed by atoms with E-state index in [4.69, 9.17) is 17.4 Å². The maximum atomic E-state index is 12.7. The Morgan fingerprint density at radius 1 is 1.38 bits per heavy atom. The molecule has 0 spiro atoms. The number of halogens is 1. The number of nitrogens with one attached hydrogen (secondary N) is 1. The summed E-state index contributed by atoms with van der Waals surface area (Å²) in [4.78, 5) is 16.6. The van der Waals surface area contributed by atoms with Gasteiger partial charge in [-0.3, -0.25) is 10.6 Å². The molecule has 0 aromatic heterocycles. The molecule has 21 heavy (non-hydrogen) atoms. The maximum absolute atomic E-state index is 12.7. The number of hydrogen-bond acceptors (Lipinski definition) is 4. The number of hydrazine groups is 1. The van der Waals surface area contributed by atoms with Crippen molar-refractivity contribution >= 4 is 23.2 Å². The van der Waals surface area contributed by atoms with Gasteiger partial charge in [-0.1, -0.05) is 11.6 Å². The Morgan fingerprint density at radius 3 is 2.52 bits per heavy atom. The number of nitrogen functional groups attached to an aromatic ring is 1. The highest BCUT2D eigenvalue weighted by Gasteiger charge is 2.40. The first-order valence-electron chi connectivity index (χ1n) is 7.09. The minimum Gasteiger partial charge on any atom is -0.340 e. The van der Waals surface area contributed by atoms with Gasteiger partial charge in [0.05, 0.1) is 11.3 Å². The highest BCUT2D eigenvalue weighted by atomic mass is 35.5. The van der Waals surface area contributed by atoms with Gasteiger partial charge in [-0.15, -0.1) is 0 Å². The minimum atomic E-state index is -0.0708. The third-order valence-electron chi connectivity index (χ3n) is 4.48. The first kappa shape index (κ1) is 16.1. The molecule has 0 bridgehead atoms.